The van der Waals surface area contributed by atoms with E-state index in [4.69, 9.17) is 5.26 Å². The highest BCUT2D eigenvalue weighted by atomic mass is 15.0. The topological polar surface area (TPSA) is 35.8 Å². The summed E-state index contributed by atoms with van der Waals surface area (Å²) in [5.74, 6) is 4.08. The lowest BCUT2D eigenvalue weighted by Crippen LogP contribution is -2.22. The van der Waals surface area contributed by atoms with E-state index in [-0.39, 0.29) is 0 Å². The molecule has 3 aliphatic rings. The summed E-state index contributed by atoms with van der Waals surface area (Å²) >= 11 is 0. The summed E-state index contributed by atoms with van der Waals surface area (Å²) < 4.78 is 0. The fourth-order valence-corrected chi connectivity index (χ4v) is 4.53. The van der Waals surface area contributed by atoms with Crippen LogP contribution in [0.25, 0.3) is 0 Å². The molecule has 1 aromatic rings. The third-order valence-electron chi connectivity index (χ3n) is 5.36. The Hall–Kier alpha value is -1.33. The molecule has 4 unspecified atom stereocenters. The standard InChI is InChI=1S/C16H18N2/c17-8-10-1-3-11(4-2-10)9-18-16-14-12-5-6-13(7-12)15(14)16/h1-4,12-16,18H,5-7,9H2. The van der Waals surface area contributed by atoms with Crippen LogP contribution in [0.1, 0.15) is 30.4 Å². The number of nitriles is 1. The maximum absolute atomic E-state index is 8.77. The summed E-state index contributed by atoms with van der Waals surface area (Å²) in [6.07, 6.45) is 4.49. The van der Waals surface area contributed by atoms with E-state index >= 15 is 0 Å². The molecule has 0 saturated heterocycles. The van der Waals surface area contributed by atoms with Crippen molar-refractivity contribution in [1.82, 2.24) is 5.32 Å². The first-order chi connectivity index (χ1) is 8.86. The number of rotatable bonds is 3. The summed E-state index contributed by atoms with van der Waals surface area (Å²) in [7, 11) is 0. The van der Waals surface area contributed by atoms with Gasteiger partial charge in [0.1, 0.15) is 0 Å². The lowest BCUT2D eigenvalue weighted by atomic mass is 10.0. The molecular formula is C16H18N2. The molecular weight excluding hydrogens is 220 g/mol. The predicted molar refractivity (Wildman–Crippen MR) is 69.6 cm³/mol. The Morgan fingerprint density at radius 3 is 2.39 bits per heavy atom. The molecule has 0 aromatic heterocycles. The van der Waals surface area contributed by atoms with Gasteiger partial charge in [0.05, 0.1) is 11.6 Å². The minimum absolute atomic E-state index is 0.750. The van der Waals surface area contributed by atoms with Crippen molar-refractivity contribution in [3.05, 3.63) is 35.4 Å². The summed E-state index contributed by atoms with van der Waals surface area (Å²) in [6.45, 7) is 0.961. The lowest BCUT2D eigenvalue weighted by molar-refractivity contribution is 0.456. The second-order valence-electron chi connectivity index (χ2n) is 6.20. The number of hydrogen-bond donors (Lipinski definition) is 1. The molecule has 2 nitrogen and oxygen atoms in total. The molecule has 1 N–H and O–H groups in total. The average molecular weight is 238 g/mol. The van der Waals surface area contributed by atoms with Crippen molar-refractivity contribution in [2.24, 2.45) is 23.7 Å². The molecule has 0 heterocycles. The third-order valence-corrected chi connectivity index (χ3v) is 5.36. The van der Waals surface area contributed by atoms with Gasteiger partial charge in [-0.1, -0.05) is 12.1 Å². The van der Waals surface area contributed by atoms with Crippen LogP contribution in [0.15, 0.2) is 24.3 Å². The maximum Gasteiger partial charge on any atom is 0.0991 e. The molecule has 1 aromatic carbocycles. The molecule has 92 valence electrons. The van der Waals surface area contributed by atoms with Crippen LogP contribution in [0.4, 0.5) is 0 Å². The van der Waals surface area contributed by atoms with E-state index in [9.17, 15) is 0 Å². The van der Waals surface area contributed by atoms with Crippen molar-refractivity contribution in [3.63, 3.8) is 0 Å². The third kappa shape index (κ3) is 1.51. The Balaban J connectivity index is 1.36. The van der Waals surface area contributed by atoms with Gasteiger partial charge in [-0.25, -0.2) is 0 Å². The van der Waals surface area contributed by atoms with E-state index < -0.39 is 0 Å². The fraction of sp³-hybridized carbons (Fsp3) is 0.562. The number of benzene rings is 1. The minimum Gasteiger partial charge on any atom is -0.309 e. The van der Waals surface area contributed by atoms with E-state index in [0.29, 0.717) is 0 Å². The molecule has 4 rings (SSSR count). The fourth-order valence-electron chi connectivity index (χ4n) is 4.53. The van der Waals surface area contributed by atoms with Crippen LogP contribution in [-0.2, 0) is 6.54 Å². The van der Waals surface area contributed by atoms with Crippen LogP contribution in [0, 0.1) is 35.0 Å². The van der Waals surface area contributed by atoms with Crippen LogP contribution in [-0.4, -0.2) is 6.04 Å². The highest BCUT2D eigenvalue weighted by Gasteiger charge is 2.64. The number of nitrogens with zero attached hydrogens (tertiary/aromatic N) is 1. The summed E-state index contributed by atoms with van der Waals surface area (Å²) in [5.41, 5.74) is 2.05. The predicted octanol–water partition coefficient (Wildman–Crippen LogP) is 2.69. The van der Waals surface area contributed by atoms with Gasteiger partial charge in [-0.15, -0.1) is 0 Å². The van der Waals surface area contributed by atoms with Crippen molar-refractivity contribution in [2.45, 2.75) is 31.8 Å². The Morgan fingerprint density at radius 1 is 1.11 bits per heavy atom. The quantitative estimate of drug-likeness (QED) is 0.878. The first kappa shape index (κ1) is 10.6. The number of nitrogens with one attached hydrogen (secondary N) is 1. The van der Waals surface area contributed by atoms with Crippen molar-refractivity contribution in [1.29, 1.82) is 5.26 Å². The van der Waals surface area contributed by atoms with Crippen LogP contribution in [0.3, 0.4) is 0 Å². The molecule has 0 amide bonds. The smallest absolute Gasteiger partial charge is 0.0991 e. The Labute approximate surface area is 108 Å². The van der Waals surface area contributed by atoms with Gasteiger partial charge in [-0.2, -0.15) is 5.26 Å². The Kier molecular flexibility index (Phi) is 2.25. The molecule has 0 radical (unpaired) electrons. The lowest BCUT2D eigenvalue weighted by Gasteiger charge is -2.10. The van der Waals surface area contributed by atoms with E-state index in [2.05, 4.69) is 23.5 Å². The number of fused-ring (bicyclic) bond motifs is 5. The van der Waals surface area contributed by atoms with Gasteiger partial charge in [0.15, 0.2) is 0 Å². The maximum atomic E-state index is 8.77. The van der Waals surface area contributed by atoms with Gasteiger partial charge in [0, 0.05) is 12.6 Å². The zero-order chi connectivity index (χ0) is 12.1. The van der Waals surface area contributed by atoms with Crippen molar-refractivity contribution >= 4 is 0 Å². The normalized spacial score (nSPS) is 39.4. The van der Waals surface area contributed by atoms with Crippen LogP contribution in [0.2, 0.25) is 0 Å². The van der Waals surface area contributed by atoms with Crippen LogP contribution in [0.5, 0.6) is 0 Å². The molecule has 2 heteroatoms. The van der Waals surface area contributed by atoms with Crippen molar-refractivity contribution in [3.8, 4) is 6.07 Å². The van der Waals surface area contributed by atoms with E-state index in [0.717, 1.165) is 41.8 Å². The van der Waals surface area contributed by atoms with E-state index in [1.807, 2.05) is 12.1 Å². The average Bonchev–Trinajstić information content (AvgIpc) is 2.81. The molecule has 2 bridgehead atoms. The molecule has 3 fully saturated rings. The zero-order valence-electron chi connectivity index (χ0n) is 10.5. The second-order valence-corrected chi connectivity index (χ2v) is 6.20. The van der Waals surface area contributed by atoms with Crippen LogP contribution < -0.4 is 5.32 Å². The molecule has 3 saturated carbocycles. The largest absolute Gasteiger partial charge is 0.309 e. The SMILES string of the molecule is N#Cc1ccc(CNC2C3C4CCC(C4)C23)cc1. The highest BCUT2D eigenvalue weighted by molar-refractivity contribution is 5.31. The summed E-state index contributed by atoms with van der Waals surface area (Å²) in [6, 6.07) is 10.9. The highest BCUT2D eigenvalue weighted by Crippen LogP contribution is 2.65. The monoisotopic (exact) mass is 238 g/mol. The minimum atomic E-state index is 0.750. The van der Waals surface area contributed by atoms with Gasteiger partial charge >= 0.3 is 0 Å². The Bertz CT molecular complexity index is 483. The molecule has 0 spiro atoms. The summed E-state index contributed by atoms with van der Waals surface area (Å²) in [4.78, 5) is 0. The molecule has 18 heavy (non-hydrogen) atoms. The van der Waals surface area contributed by atoms with Crippen LogP contribution >= 0.6 is 0 Å². The van der Waals surface area contributed by atoms with Gasteiger partial charge < -0.3 is 5.32 Å². The zero-order valence-corrected chi connectivity index (χ0v) is 10.5. The van der Waals surface area contributed by atoms with Gasteiger partial charge in [0.2, 0.25) is 0 Å². The molecule has 0 aliphatic heterocycles. The first-order valence-electron chi connectivity index (χ1n) is 7.09. The van der Waals surface area contributed by atoms with Crippen molar-refractivity contribution < 1.29 is 0 Å². The van der Waals surface area contributed by atoms with Gasteiger partial charge in [-0.05, 0) is 60.6 Å². The molecule has 4 atom stereocenters. The Morgan fingerprint density at radius 2 is 1.78 bits per heavy atom. The second kappa shape index (κ2) is 3.83. The van der Waals surface area contributed by atoms with E-state index in [1.165, 1.54) is 24.8 Å². The van der Waals surface area contributed by atoms with E-state index in [1.54, 1.807) is 0 Å². The van der Waals surface area contributed by atoms with Gasteiger partial charge in [-0.3, -0.25) is 0 Å². The number of hydrogen-bond acceptors (Lipinski definition) is 2. The first-order valence-corrected chi connectivity index (χ1v) is 7.09. The van der Waals surface area contributed by atoms with Gasteiger partial charge in [0.25, 0.3) is 0 Å². The van der Waals surface area contributed by atoms with Crippen molar-refractivity contribution in [2.75, 3.05) is 0 Å². The summed E-state index contributed by atoms with van der Waals surface area (Å²) in [5, 5.41) is 12.5. The molecule has 3 aliphatic carbocycles.